The van der Waals surface area contributed by atoms with Crippen LogP contribution in [-0.2, 0) is 4.74 Å². The topological polar surface area (TPSA) is 24.5 Å². The van der Waals surface area contributed by atoms with E-state index >= 15 is 0 Å². The second-order valence-corrected chi connectivity index (χ2v) is 5.54. The monoisotopic (exact) mass is 226 g/mol. The largest absolute Gasteiger partial charge is 0.384 e. The molecule has 1 aliphatic heterocycles. The molecule has 16 heavy (non-hydrogen) atoms. The summed E-state index contributed by atoms with van der Waals surface area (Å²) in [6.07, 6.45) is 5.54. The van der Waals surface area contributed by atoms with Gasteiger partial charge in [0, 0.05) is 38.9 Å². The van der Waals surface area contributed by atoms with Crippen LogP contribution in [0.1, 0.15) is 32.6 Å². The van der Waals surface area contributed by atoms with Crippen molar-refractivity contribution in [1.29, 1.82) is 0 Å². The molecular formula is C13H26N2O. The Hall–Kier alpha value is -0.120. The molecule has 0 aromatic rings. The van der Waals surface area contributed by atoms with Crippen LogP contribution in [0.4, 0.5) is 0 Å². The first-order valence-corrected chi connectivity index (χ1v) is 6.76. The van der Waals surface area contributed by atoms with Gasteiger partial charge in [-0.25, -0.2) is 0 Å². The normalized spacial score (nSPS) is 27.6. The Morgan fingerprint density at radius 1 is 1.38 bits per heavy atom. The van der Waals surface area contributed by atoms with Crippen LogP contribution in [0.2, 0.25) is 0 Å². The molecular weight excluding hydrogens is 200 g/mol. The first-order chi connectivity index (χ1) is 7.79. The minimum Gasteiger partial charge on any atom is -0.384 e. The lowest BCUT2D eigenvalue weighted by Crippen LogP contribution is -2.41. The Morgan fingerprint density at radius 2 is 2.19 bits per heavy atom. The molecule has 0 radical (unpaired) electrons. The zero-order valence-electron chi connectivity index (χ0n) is 10.7. The molecule has 1 N–H and O–H groups in total. The average molecular weight is 226 g/mol. The van der Waals surface area contributed by atoms with Crippen LogP contribution in [0.15, 0.2) is 0 Å². The van der Waals surface area contributed by atoms with E-state index in [-0.39, 0.29) is 0 Å². The average Bonchev–Trinajstić information content (AvgIpc) is 2.98. The summed E-state index contributed by atoms with van der Waals surface area (Å²) in [4.78, 5) is 2.69. The van der Waals surface area contributed by atoms with E-state index in [9.17, 15) is 0 Å². The molecule has 2 fully saturated rings. The van der Waals surface area contributed by atoms with Crippen LogP contribution in [0.25, 0.3) is 0 Å². The van der Waals surface area contributed by atoms with Gasteiger partial charge in [0.1, 0.15) is 0 Å². The third kappa shape index (κ3) is 3.72. The quantitative estimate of drug-likeness (QED) is 0.712. The van der Waals surface area contributed by atoms with Gasteiger partial charge in [0.05, 0.1) is 0 Å². The lowest BCUT2D eigenvalue weighted by atomic mass is 10.1. The molecule has 1 aliphatic carbocycles. The van der Waals surface area contributed by atoms with Crippen molar-refractivity contribution in [1.82, 2.24) is 10.2 Å². The maximum atomic E-state index is 5.23. The highest BCUT2D eigenvalue weighted by molar-refractivity contribution is 4.89. The van der Waals surface area contributed by atoms with Crippen molar-refractivity contribution < 1.29 is 4.74 Å². The molecule has 2 rings (SSSR count). The standard InChI is InChI=1S/C13H26N2O/c1-11(10-16-2)8-15(13-5-6-13)9-12-4-3-7-14-12/h11-14H,3-10H2,1-2H3. The number of nitrogens with zero attached hydrogens (tertiary/aromatic N) is 1. The van der Waals surface area contributed by atoms with E-state index in [1.807, 2.05) is 0 Å². The van der Waals surface area contributed by atoms with E-state index in [4.69, 9.17) is 4.74 Å². The Labute approximate surface area is 99.5 Å². The summed E-state index contributed by atoms with van der Waals surface area (Å²) in [5, 5.41) is 3.60. The van der Waals surface area contributed by atoms with Gasteiger partial charge in [0.2, 0.25) is 0 Å². The fourth-order valence-corrected chi connectivity index (χ4v) is 2.75. The second-order valence-electron chi connectivity index (χ2n) is 5.54. The van der Waals surface area contributed by atoms with Crippen molar-refractivity contribution in [2.75, 3.05) is 33.4 Å². The minimum absolute atomic E-state index is 0.659. The third-order valence-electron chi connectivity index (χ3n) is 3.68. The summed E-state index contributed by atoms with van der Waals surface area (Å²) in [5.41, 5.74) is 0. The highest BCUT2D eigenvalue weighted by Gasteiger charge is 2.31. The smallest absolute Gasteiger partial charge is 0.0500 e. The molecule has 94 valence electrons. The molecule has 0 aromatic carbocycles. The molecule has 3 nitrogen and oxygen atoms in total. The zero-order valence-corrected chi connectivity index (χ0v) is 10.7. The summed E-state index contributed by atoms with van der Waals surface area (Å²) in [6, 6.07) is 1.62. The van der Waals surface area contributed by atoms with Crippen molar-refractivity contribution in [3.63, 3.8) is 0 Å². The number of rotatable bonds is 7. The molecule has 2 atom stereocenters. The van der Waals surface area contributed by atoms with Crippen molar-refractivity contribution >= 4 is 0 Å². The SMILES string of the molecule is COCC(C)CN(CC1CCCN1)C1CC1. The minimum atomic E-state index is 0.659. The third-order valence-corrected chi connectivity index (χ3v) is 3.68. The van der Waals surface area contributed by atoms with Gasteiger partial charge >= 0.3 is 0 Å². The van der Waals surface area contributed by atoms with Gasteiger partial charge in [-0.3, -0.25) is 4.90 Å². The van der Waals surface area contributed by atoms with Gasteiger partial charge in [0.15, 0.2) is 0 Å². The summed E-state index contributed by atoms with van der Waals surface area (Å²) in [7, 11) is 1.80. The molecule has 2 aliphatic rings. The predicted molar refractivity (Wildman–Crippen MR) is 66.7 cm³/mol. The first kappa shape index (κ1) is 12.3. The molecule has 2 unspecified atom stereocenters. The van der Waals surface area contributed by atoms with Crippen LogP contribution in [-0.4, -0.2) is 50.3 Å². The summed E-state index contributed by atoms with van der Waals surface area (Å²) >= 11 is 0. The predicted octanol–water partition coefficient (Wildman–Crippen LogP) is 1.49. The summed E-state index contributed by atoms with van der Waals surface area (Å²) in [6.45, 7) is 6.86. The number of hydrogen-bond donors (Lipinski definition) is 1. The second kappa shape index (κ2) is 5.99. The molecule has 0 bridgehead atoms. The van der Waals surface area contributed by atoms with Crippen molar-refractivity contribution in [2.24, 2.45) is 5.92 Å². The number of nitrogens with one attached hydrogen (secondary N) is 1. The molecule has 0 spiro atoms. The van der Waals surface area contributed by atoms with Crippen molar-refractivity contribution in [3.8, 4) is 0 Å². The first-order valence-electron chi connectivity index (χ1n) is 6.76. The van der Waals surface area contributed by atoms with Crippen LogP contribution in [0.3, 0.4) is 0 Å². The van der Waals surface area contributed by atoms with E-state index in [1.54, 1.807) is 7.11 Å². The van der Waals surface area contributed by atoms with Gasteiger partial charge in [-0.2, -0.15) is 0 Å². The Morgan fingerprint density at radius 3 is 2.75 bits per heavy atom. The van der Waals surface area contributed by atoms with Crippen LogP contribution < -0.4 is 5.32 Å². The van der Waals surface area contributed by atoms with E-state index < -0.39 is 0 Å². The van der Waals surface area contributed by atoms with Crippen LogP contribution >= 0.6 is 0 Å². The number of methoxy groups -OCH3 is 1. The maximum absolute atomic E-state index is 5.23. The van der Waals surface area contributed by atoms with Gasteiger partial charge in [-0.15, -0.1) is 0 Å². The van der Waals surface area contributed by atoms with Gasteiger partial charge in [-0.1, -0.05) is 6.92 Å². The molecule has 0 aromatic heterocycles. The number of ether oxygens (including phenoxy) is 1. The zero-order chi connectivity index (χ0) is 11.4. The Bertz CT molecular complexity index is 200. The molecule has 3 heteroatoms. The molecule has 1 saturated carbocycles. The Kier molecular flexibility index (Phi) is 4.62. The van der Waals surface area contributed by atoms with Gasteiger partial charge in [-0.05, 0) is 38.1 Å². The molecule has 1 saturated heterocycles. The van der Waals surface area contributed by atoms with Crippen LogP contribution in [0.5, 0.6) is 0 Å². The van der Waals surface area contributed by atoms with E-state index in [0.29, 0.717) is 5.92 Å². The van der Waals surface area contributed by atoms with E-state index in [0.717, 1.165) is 18.7 Å². The lowest BCUT2D eigenvalue weighted by Gasteiger charge is -2.28. The Balaban J connectivity index is 1.75. The van der Waals surface area contributed by atoms with Gasteiger partial charge < -0.3 is 10.1 Å². The molecule has 0 amide bonds. The van der Waals surface area contributed by atoms with E-state index in [2.05, 4.69) is 17.1 Å². The summed E-state index contributed by atoms with van der Waals surface area (Å²) < 4.78 is 5.23. The number of hydrogen-bond acceptors (Lipinski definition) is 3. The fourth-order valence-electron chi connectivity index (χ4n) is 2.75. The van der Waals surface area contributed by atoms with Crippen molar-refractivity contribution in [3.05, 3.63) is 0 Å². The highest BCUT2D eigenvalue weighted by atomic mass is 16.5. The maximum Gasteiger partial charge on any atom is 0.0500 e. The molecule has 1 heterocycles. The summed E-state index contributed by atoms with van der Waals surface area (Å²) in [5.74, 6) is 0.659. The van der Waals surface area contributed by atoms with E-state index in [1.165, 1.54) is 45.3 Å². The highest BCUT2D eigenvalue weighted by Crippen LogP contribution is 2.28. The van der Waals surface area contributed by atoms with Crippen LogP contribution in [0, 0.1) is 5.92 Å². The fraction of sp³-hybridized carbons (Fsp3) is 1.00. The van der Waals surface area contributed by atoms with Gasteiger partial charge in [0.25, 0.3) is 0 Å². The lowest BCUT2D eigenvalue weighted by molar-refractivity contribution is 0.122. The van der Waals surface area contributed by atoms with Crippen molar-refractivity contribution in [2.45, 2.75) is 44.7 Å².